The smallest absolute Gasteiger partial charge is 0.262 e. The zero-order valence-corrected chi connectivity index (χ0v) is 15.4. The lowest BCUT2D eigenvalue weighted by Gasteiger charge is -2.15. The van der Waals surface area contributed by atoms with E-state index >= 15 is 0 Å². The number of benzene rings is 2. The Labute approximate surface area is 153 Å². The Morgan fingerprint density at radius 3 is 2.60 bits per heavy atom. The Hall–Kier alpha value is -2.54. The molecule has 1 N–H and O–H groups in total. The van der Waals surface area contributed by atoms with Crippen LogP contribution in [0.15, 0.2) is 40.9 Å². The predicted octanol–water partition coefficient (Wildman–Crippen LogP) is 2.54. The molecule has 0 aliphatic heterocycles. The number of halogens is 1. The fourth-order valence-electron chi connectivity index (χ4n) is 2.15. The molecule has 0 atom stereocenters. The third kappa shape index (κ3) is 5.22. The largest absolute Gasteiger partial charge is 0.545 e. The van der Waals surface area contributed by atoms with Gasteiger partial charge in [0.1, 0.15) is 0 Å². The molecule has 132 valence electrons. The van der Waals surface area contributed by atoms with Crippen molar-refractivity contribution in [3.63, 3.8) is 0 Å². The molecule has 0 radical (unpaired) electrons. The molecule has 0 saturated carbocycles. The average Bonchev–Trinajstić information content (AvgIpc) is 2.54. The van der Waals surface area contributed by atoms with E-state index in [-0.39, 0.29) is 29.6 Å². The summed E-state index contributed by atoms with van der Waals surface area (Å²) in [4.78, 5) is 23.1. The molecule has 0 fully saturated rings. The van der Waals surface area contributed by atoms with E-state index in [2.05, 4.69) is 21.2 Å². The highest BCUT2D eigenvalue weighted by atomic mass is 79.9. The van der Waals surface area contributed by atoms with E-state index in [1.54, 1.807) is 13.0 Å². The molecule has 2 rings (SSSR count). The summed E-state index contributed by atoms with van der Waals surface area (Å²) in [6.07, 6.45) is 0. The van der Waals surface area contributed by atoms with E-state index in [0.717, 1.165) is 5.56 Å². The normalized spacial score (nSPS) is 10.2. The summed E-state index contributed by atoms with van der Waals surface area (Å²) >= 11 is 3.23. The van der Waals surface area contributed by atoms with Crippen LogP contribution < -0.4 is 19.9 Å². The molecule has 0 heterocycles. The van der Waals surface area contributed by atoms with Crippen molar-refractivity contribution in [1.82, 2.24) is 0 Å². The van der Waals surface area contributed by atoms with Crippen LogP contribution in [-0.2, 0) is 4.79 Å². The van der Waals surface area contributed by atoms with E-state index < -0.39 is 5.97 Å². The van der Waals surface area contributed by atoms with E-state index in [0.29, 0.717) is 16.8 Å². The number of aryl methyl sites for hydroxylation is 1. The van der Waals surface area contributed by atoms with Crippen molar-refractivity contribution in [2.75, 3.05) is 18.5 Å². The molecule has 0 aromatic heterocycles. The Morgan fingerprint density at radius 1 is 1.20 bits per heavy atom. The zero-order valence-electron chi connectivity index (χ0n) is 13.8. The minimum absolute atomic E-state index is 0.0492. The predicted molar refractivity (Wildman–Crippen MR) is 94.9 cm³/mol. The van der Waals surface area contributed by atoms with E-state index in [1.165, 1.54) is 12.1 Å². The van der Waals surface area contributed by atoms with Crippen LogP contribution >= 0.6 is 15.9 Å². The van der Waals surface area contributed by atoms with Crippen LogP contribution in [0.1, 0.15) is 22.8 Å². The highest BCUT2D eigenvalue weighted by Crippen LogP contribution is 2.36. The van der Waals surface area contributed by atoms with Gasteiger partial charge in [-0.3, -0.25) is 4.79 Å². The highest BCUT2D eigenvalue weighted by molar-refractivity contribution is 9.10. The van der Waals surface area contributed by atoms with Gasteiger partial charge in [-0.2, -0.15) is 0 Å². The highest BCUT2D eigenvalue weighted by Gasteiger charge is 2.14. The summed E-state index contributed by atoms with van der Waals surface area (Å²) in [6.45, 7) is 3.75. The molecule has 0 saturated heterocycles. The van der Waals surface area contributed by atoms with Crippen molar-refractivity contribution in [3.05, 3.63) is 52.0 Å². The maximum absolute atomic E-state index is 12.1. The van der Waals surface area contributed by atoms with Gasteiger partial charge in [0.15, 0.2) is 18.1 Å². The van der Waals surface area contributed by atoms with Gasteiger partial charge in [0.2, 0.25) is 0 Å². The molecule has 1 amide bonds. The van der Waals surface area contributed by atoms with Gasteiger partial charge in [-0.25, -0.2) is 0 Å². The van der Waals surface area contributed by atoms with Gasteiger partial charge in [-0.1, -0.05) is 12.1 Å². The molecule has 0 aliphatic rings. The Balaban J connectivity index is 2.11. The first-order chi connectivity index (χ1) is 11.9. The third-order valence-corrected chi connectivity index (χ3v) is 3.78. The lowest BCUT2D eigenvalue weighted by molar-refractivity contribution is -0.255. The fourth-order valence-corrected chi connectivity index (χ4v) is 2.70. The number of carbonyl (C=O) groups is 2. The number of hydrogen-bond donors (Lipinski definition) is 1. The molecule has 25 heavy (non-hydrogen) atoms. The number of carbonyl (C=O) groups excluding carboxylic acids is 2. The SMILES string of the molecule is CCOc1cc(C(=O)[O-])cc(Br)c1OCC(=O)Nc1cccc(C)c1. The summed E-state index contributed by atoms with van der Waals surface area (Å²) in [5, 5.41) is 13.8. The molecule has 7 heteroatoms. The lowest BCUT2D eigenvalue weighted by atomic mass is 10.2. The molecule has 6 nitrogen and oxygen atoms in total. The van der Waals surface area contributed by atoms with E-state index in [1.807, 2.05) is 25.1 Å². The van der Waals surface area contributed by atoms with Crippen LogP contribution in [0.2, 0.25) is 0 Å². The first-order valence-electron chi connectivity index (χ1n) is 7.57. The van der Waals surface area contributed by atoms with Gasteiger partial charge in [0.05, 0.1) is 17.0 Å². The molecule has 0 unspecified atom stereocenters. The van der Waals surface area contributed by atoms with Crippen molar-refractivity contribution < 1.29 is 24.2 Å². The number of amides is 1. The number of nitrogens with one attached hydrogen (secondary N) is 1. The quantitative estimate of drug-likeness (QED) is 0.762. The molecule has 2 aromatic carbocycles. The van der Waals surface area contributed by atoms with Crippen LogP contribution in [0, 0.1) is 6.92 Å². The first-order valence-corrected chi connectivity index (χ1v) is 8.37. The van der Waals surface area contributed by atoms with Crippen LogP contribution in [0.4, 0.5) is 5.69 Å². The van der Waals surface area contributed by atoms with Crippen molar-refractivity contribution in [1.29, 1.82) is 0 Å². The molecule has 2 aromatic rings. The van der Waals surface area contributed by atoms with Crippen LogP contribution in [-0.4, -0.2) is 25.1 Å². The Bertz CT molecular complexity index is 791. The number of carboxylic acids is 1. The van der Waals surface area contributed by atoms with Crippen LogP contribution in [0.3, 0.4) is 0 Å². The standard InChI is InChI=1S/C18H18BrNO5/c1-3-24-15-9-12(18(22)23)8-14(19)17(15)25-10-16(21)20-13-6-4-5-11(2)7-13/h4-9H,3,10H2,1-2H3,(H,20,21)(H,22,23)/p-1. The maximum atomic E-state index is 12.1. The number of carboxylic acid groups (broad SMARTS) is 1. The van der Waals surface area contributed by atoms with Gasteiger partial charge in [-0.15, -0.1) is 0 Å². The van der Waals surface area contributed by atoms with Gasteiger partial charge in [0, 0.05) is 11.3 Å². The first kappa shape index (κ1) is 18.8. The monoisotopic (exact) mass is 406 g/mol. The Morgan fingerprint density at radius 2 is 1.96 bits per heavy atom. The van der Waals surface area contributed by atoms with Crippen LogP contribution in [0.25, 0.3) is 0 Å². The summed E-state index contributed by atoms with van der Waals surface area (Å²) in [6, 6.07) is 10.0. The van der Waals surface area contributed by atoms with Gasteiger partial charge < -0.3 is 24.7 Å². The fraction of sp³-hybridized carbons (Fsp3) is 0.222. The van der Waals surface area contributed by atoms with Gasteiger partial charge in [-0.05, 0) is 59.6 Å². The van der Waals surface area contributed by atoms with Gasteiger partial charge >= 0.3 is 0 Å². The summed E-state index contributed by atoms with van der Waals surface area (Å²) in [5.74, 6) is -1.19. The summed E-state index contributed by atoms with van der Waals surface area (Å²) < 4.78 is 11.3. The van der Waals surface area contributed by atoms with E-state index in [4.69, 9.17) is 9.47 Å². The van der Waals surface area contributed by atoms with Crippen molar-refractivity contribution in [2.24, 2.45) is 0 Å². The lowest BCUT2D eigenvalue weighted by Crippen LogP contribution is -2.23. The average molecular weight is 407 g/mol. The number of ether oxygens (including phenoxy) is 2. The minimum Gasteiger partial charge on any atom is -0.545 e. The minimum atomic E-state index is -1.33. The third-order valence-electron chi connectivity index (χ3n) is 3.19. The molecule has 0 spiro atoms. The number of hydrogen-bond acceptors (Lipinski definition) is 5. The number of anilines is 1. The van der Waals surface area contributed by atoms with Gasteiger partial charge in [0.25, 0.3) is 5.91 Å². The van der Waals surface area contributed by atoms with E-state index in [9.17, 15) is 14.7 Å². The second-order valence-electron chi connectivity index (χ2n) is 5.21. The second kappa shape index (κ2) is 8.53. The molecular formula is C18H17BrNO5-. The second-order valence-corrected chi connectivity index (χ2v) is 6.07. The number of rotatable bonds is 7. The maximum Gasteiger partial charge on any atom is 0.262 e. The Kier molecular flexibility index (Phi) is 6.41. The zero-order chi connectivity index (χ0) is 18.4. The summed E-state index contributed by atoms with van der Waals surface area (Å²) in [7, 11) is 0. The molecule has 0 aliphatic carbocycles. The molecular weight excluding hydrogens is 390 g/mol. The van der Waals surface area contributed by atoms with Crippen LogP contribution in [0.5, 0.6) is 11.5 Å². The summed E-state index contributed by atoms with van der Waals surface area (Å²) in [5.41, 5.74) is 1.65. The topological polar surface area (TPSA) is 87.7 Å². The van der Waals surface area contributed by atoms with Crippen molar-refractivity contribution in [3.8, 4) is 11.5 Å². The number of aromatic carboxylic acids is 1. The van der Waals surface area contributed by atoms with Crippen molar-refractivity contribution in [2.45, 2.75) is 13.8 Å². The van der Waals surface area contributed by atoms with Crippen molar-refractivity contribution >= 4 is 33.5 Å². The molecule has 0 bridgehead atoms.